The number of benzene rings is 1. The molecule has 0 spiro atoms. The van der Waals surface area contributed by atoms with Crippen LogP contribution in [-0.4, -0.2) is 13.7 Å². The van der Waals surface area contributed by atoms with E-state index in [0.29, 0.717) is 6.54 Å². The zero-order chi connectivity index (χ0) is 10.7. The molecule has 0 saturated carbocycles. The van der Waals surface area contributed by atoms with E-state index in [4.69, 9.17) is 22.1 Å². The Morgan fingerprint density at radius 3 is 2.64 bits per heavy atom. The average molecular weight is 214 g/mol. The van der Waals surface area contributed by atoms with Gasteiger partial charge in [0.05, 0.1) is 7.11 Å². The standard InChI is InChI=1S/C11H16ClNO/c1-7-4-10(12)9(8(2)6-13)5-11(7)14-3/h4-5,8H,6,13H2,1-3H3. The van der Waals surface area contributed by atoms with Gasteiger partial charge in [-0.3, -0.25) is 0 Å². The second-order valence-corrected chi connectivity index (χ2v) is 3.89. The SMILES string of the molecule is COc1cc(C(C)CN)c(Cl)cc1C. The molecule has 0 fully saturated rings. The topological polar surface area (TPSA) is 35.2 Å². The number of nitrogens with two attached hydrogens (primary N) is 1. The fourth-order valence-corrected chi connectivity index (χ4v) is 1.80. The van der Waals surface area contributed by atoms with Gasteiger partial charge >= 0.3 is 0 Å². The van der Waals surface area contributed by atoms with Crippen LogP contribution in [0.15, 0.2) is 12.1 Å². The summed E-state index contributed by atoms with van der Waals surface area (Å²) in [6.45, 7) is 4.61. The summed E-state index contributed by atoms with van der Waals surface area (Å²) in [6, 6.07) is 3.89. The number of hydrogen-bond donors (Lipinski definition) is 1. The Labute approximate surface area is 90.0 Å². The molecule has 3 heteroatoms. The zero-order valence-corrected chi connectivity index (χ0v) is 9.56. The van der Waals surface area contributed by atoms with E-state index < -0.39 is 0 Å². The maximum absolute atomic E-state index is 6.12. The molecule has 0 aliphatic heterocycles. The predicted molar refractivity (Wildman–Crippen MR) is 60.2 cm³/mol. The second-order valence-electron chi connectivity index (χ2n) is 3.48. The fraction of sp³-hybridized carbons (Fsp3) is 0.455. The Balaban J connectivity index is 3.17. The third kappa shape index (κ3) is 2.20. The summed E-state index contributed by atoms with van der Waals surface area (Å²) in [5, 5.41) is 0.765. The highest BCUT2D eigenvalue weighted by Crippen LogP contribution is 2.30. The molecule has 0 aromatic heterocycles. The van der Waals surface area contributed by atoms with Crippen molar-refractivity contribution in [2.75, 3.05) is 13.7 Å². The lowest BCUT2D eigenvalue weighted by Crippen LogP contribution is -2.09. The Hall–Kier alpha value is -0.730. The van der Waals surface area contributed by atoms with Crippen LogP contribution in [0.5, 0.6) is 5.75 Å². The van der Waals surface area contributed by atoms with Gasteiger partial charge in [-0.25, -0.2) is 0 Å². The minimum atomic E-state index is 0.261. The van der Waals surface area contributed by atoms with Crippen LogP contribution >= 0.6 is 11.6 Å². The summed E-state index contributed by atoms with van der Waals surface area (Å²) >= 11 is 6.12. The van der Waals surface area contributed by atoms with Crippen LogP contribution in [0.3, 0.4) is 0 Å². The first-order valence-corrected chi connectivity index (χ1v) is 5.02. The van der Waals surface area contributed by atoms with Crippen LogP contribution in [0.25, 0.3) is 0 Å². The van der Waals surface area contributed by atoms with Gasteiger partial charge in [-0.15, -0.1) is 0 Å². The van der Waals surface area contributed by atoms with Crippen molar-refractivity contribution in [2.45, 2.75) is 19.8 Å². The summed E-state index contributed by atoms with van der Waals surface area (Å²) in [7, 11) is 1.66. The van der Waals surface area contributed by atoms with Gasteiger partial charge in [0.2, 0.25) is 0 Å². The van der Waals surface area contributed by atoms with E-state index in [0.717, 1.165) is 21.9 Å². The Morgan fingerprint density at radius 2 is 2.14 bits per heavy atom. The summed E-state index contributed by atoms with van der Waals surface area (Å²) in [4.78, 5) is 0. The molecule has 0 aliphatic carbocycles. The smallest absolute Gasteiger partial charge is 0.122 e. The monoisotopic (exact) mass is 213 g/mol. The minimum absolute atomic E-state index is 0.261. The molecule has 0 radical (unpaired) electrons. The first kappa shape index (κ1) is 11.3. The van der Waals surface area contributed by atoms with E-state index >= 15 is 0 Å². The lowest BCUT2D eigenvalue weighted by Gasteiger charge is -2.14. The lowest BCUT2D eigenvalue weighted by molar-refractivity contribution is 0.411. The molecule has 1 aromatic rings. The van der Waals surface area contributed by atoms with E-state index in [1.165, 1.54) is 0 Å². The normalized spacial score (nSPS) is 12.6. The molecule has 0 heterocycles. The third-order valence-electron chi connectivity index (χ3n) is 2.40. The second kappa shape index (κ2) is 4.67. The van der Waals surface area contributed by atoms with Crippen molar-refractivity contribution in [2.24, 2.45) is 5.73 Å². The number of methoxy groups -OCH3 is 1. The Bertz CT molecular complexity index is 325. The van der Waals surface area contributed by atoms with Crippen LogP contribution in [0.4, 0.5) is 0 Å². The highest BCUT2D eigenvalue weighted by Gasteiger charge is 2.11. The van der Waals surface area contributed by atoms with Crippen LogP contribution in [-0.2, 0) is 0 Å². The van der Waals surface area contributed by atoms with E-state index in [2.05, 4.69) is 6.92 Å². The highest BCUT2D eigenvalue weighted by atomic mass is 35.5. The van der Waals surface area contributed by atoms with Crippen molar-refractivity contribution in [1.29, 1.82) is 0 Å². The van der Waals surface area contributed by atoms with Gasteiger partial charge in [-0.05, 0) is 42.6 Å². The molecule has 1 unspecified atom stereocenters. The first-order chi connectivity index (χ1) is 6.60. The number of hydrogen-bond acceptors (Lipinski definition) is 2. The van der Waals surface area contributed by atoms with E-state index in [-0.39, 0.29) is 5.92 Å². The molecule has 1 aromatic carbocycles. The molecule has 2 nitrogen and oxygen atoms in total. The van der Waals surface area contributed by atoms with Gasteiger partial charge in [0.15, 0.2) is 0 Å². The molecule has 2 N–H and O–H groups in total. The maximum Gasteiger partial charge on any atom is 0.122 e. The van der Waals surface area contributed by atoms with Gasteiger partial charge in [0, 0.05) is 5.02 Å². The van der Waals surface area contributed by atoms with Gasteiger partial charge in [0.25, 0.3) is 0 Å². The molecule has 0 aliphatic rings. The van der Waals surface area contributed by atoms with E-state index in [1.807, 2.05) is 19.1 Å². The van der Waals surface area contributed by atoms with Crippen LogP contribution in [0, 0.1) is 6.92 Å². The molecule has 14 heavy (non-hydrogen) atoms. The van der Waals surface area contributed by atoms with Gasteiger partial charge < -0.3 is 10.5 Å². The molecule has 0 amide bonds. The average Bonchev–Trinajstić information content (AvgIpc) is 2.17. The summed E-state index contributed by atoms with van der Waals surface area (Å²) in [5.41, 5.74) is 7.70. The van der Waals surface area contributed by atoms with Crippen molar-refractivity contribution in [1.82, 2.24) is 0 Å². The van der Waals surface area contributed by atoms with Crippen molar-refractivity contribution >= 4 is 11.6 Å². The van der Waals surface area contributed by atoms with Crippen molar-refractivity contribution in [3.63, 3.8) is 0 Å². The number of rotatable bonds is 3. The Kier molecular flexibility index (Phi) is 3.78. The number of aryl methyl sites for hydroxylation is 1. The molecule has 1 atom stereocenters. The van der Waals surface area contributed by atoms with Gasteiger partial charge in [0.1, 0.15) is 5.75 Å². The van der Waals surface area contributed by atoms with Crippen molar-refractivity contribution < 1.29 is 4.74 Å². The summed E-state index contributed by atoms with van der Waals surface area (Å²) in [6.07, 6.45) is 0. The van der Waals surface area contributed by atoms with Crippen molar-refractivity contribution in [3.05, 3.63) is 28.3 Å². The number of halogens is 1. The Morgan fingerprint density at radius 1 is 1.50 bits per heavy atom. The van der Waals surface area contributed by atoms with Crippen molar-refractivity contribution in [3.8, 4) is 5.75 Å². The summed E-state index contributed by atoms with van der Waals surface area (Å²) in [5.74, 6) is 1.13. The molecular formula is C11H16ClNO. The van der Waals surface area contributed by atoms with Gasteiger partial charge in [-0.2, -0.15) is 0 Å². The lowest BCUT2D eigenvalue weighted by atomic mass is 9.99. The van der Waals surface area contributed by atoms with Crippen LogP contribution in [0.1, 0.15) is 24.0 Å². The van der Waals surface area contributed by atoms with E-state index in [1.54, 1.807) is 7.11 Å². The fourth-order valence-electron chi connectivity index (χ4n) is 1.39. The third-order valence-corrected chi connectivity index (χ3v) is 2.73. The highest BCUT2D eigenvalue weighted by molar-refractivity contribution is 6.31. The number of ether oxygens (including phenoxy) is 1. The van der Waals surface area contributed by atoms with E-state index in [9.17, 15) is 0 Å². The quantitative estimate of drug-likeness (QED) is 0.838. The predicted octanol–water partition coefficient (Wildman–Crippen LogP) is 2.72. The molecule has 0 bridgehead atoms. The molecule has 0 saturated heterocycles. The minimum Gasteiger partial charge on any atom is -0.496 e. The molecular weight excluding hydrogens is 198 g/mol. The largest absolute Gasteiger partial charge is 0.496 e. The van der Waals surface area contributed by atoms with Crippen LogP contribution in [0.2, 0.25) is 5.02 Å². The maximum atomic E-state index is 6.12. The molecule has 78 valence electrons. The van der Waals surface area contributed by atoms with Crippen LogP contribution < -0.4 is 10.5 Å². The zero-order valence-electron chi connectivity index (χ0n) is 8.80. The summed E-state index contributed by atoms with van der Waals surface area (Å²) < 4.78 is 5.24. The van der Waals surface area contributed by atoms with Gasteiger partial charge in [-0.1, -0.05) is 18.5 Å². The first-order valence-electron chi connectivity index (χ1n) is 4.64. The molecule has 1 rings (SSSR count).